The predicted octanol–water partition coefficient (Wildman–Crippen LogP) is 3.13. The SMILES string of the molecule is CC(C)c1nccn1[C@@H](C)C(=O)NCc1cc(-c2ccco2)on1. The van der Waals surface area contributed by atoms with Crippen molar-refractivity contribution in [3.05, 3.63) is 48.4 Å². The maximum atomic E-state index is 12.4. The number of rotatable bonds is 6. The molecule has 0 saturated carbocycles. The van der Waals surface area contributed by atoms with Gasteiger partial charge in [0.05, 0.1) is 12.8 Å². The van der Waals surface area contributed by atoms with Crippen LogP contribution in [0.2, 0.25) is 0 Å². The molecule has 0 spiro atoms. The fraction of sp³-hybridized carbons (Fsp3) is 0.353. The Labute approximate surface area is 139 Å². The van der Waals surface area contributed by atoms with Crippen LogP contribution in [-0.4, -0.2) is 20.6 Å². The fourth-order valence-electron chi connectivity index (χ4n) is 2.48. The zero-order valence-electron chi connectivity index (χ0n) is 13.9. The summed E-state index contributed by atoms with van der Waals surface area (Å²) in [4.78, 5) is 16.7. The number of aromatic nitrogens is 3. The Hall–Kier alpha value is -2.83. The first-order valence-corrected chi connectivity index (χ1v) is 7.86. The third-order valence-electron chi connectivity index (χ3n) is 3.78. The van der Waals surface area contributed by atoms with Crippen molar-refractivity contribution in [2.45, 2.75) is 39.3 Å². The topological polar surface area (TPSA) is 86.1 Å². The molecule has 24 heavy (non-hydrogen) atoms. The third kappa shape index (κ3) is 3.24. The van der Waals surface area contributed by atoms with Gasteiger partial charge in [-0.3, -0.25) is 4.79 Å². The summed E-state index contributed by atoms with van der Waals surface area (Å²) in [6.07, 6.45) is 5.11. The standard InChI is InChI=1S/C17H20N4O3/c1-11(2)16-18-6-7-21(16)12(3)17(22)19-10-13-9-15(24-20-13)14-5-4-8-23-14/h4-9,11-12H,10H2,1-3H3,(H,19,22)/t12-/m0/s1. The molecule has 1 amide bonds. The number of hydrogen-bond donors (Lipinski definition) is 1. The molecular formula is C17H20N4O3. The van der Waals surface area contributed by atoms with E-state index in [1.165, 1.54) is 0 Å². The zero-order chi connectivity index (χ0) is 17.1. The lowest BCUT2D eigenvalue weighted by molar-refractivity contribution is -0.124. The van der Waals surface area contributed by atoms with E-state index >= 15 is 0 Å². The van der Waals surface area contributed by atoms with Gasteiger partial charge >= 0.3 is 0 Å². The quantitative estimate of drug-likeness (QED) is 0.751. The number of hydrogen-bond acceptors (Lipinski definition) is 5. The second kappa shape index (κ2) is 6.74. The van der Waals surface area contributed by atoms with Crippen molar-refractivity contribution in [3.8, 4) is 11.5 Å². The molecule has 126 valence electrons. The Balaban J connectivity index is 1.62. The monoisotopic (exact) mass is 328 g/mol. The minimum Gasteiger partial charge on any atom is -0.461 e. The van der Waals surface area contributed by atoms with Crippen LogP contribution in [0.4, 0.5) is 0 Å². The van der Waals surface area contributed by atoms with E-state index in [2.05, 4.69) is 29.3 Å². The minimum atomic E-state index is -0.346. The summed E-state index contributed by atoms with van der Waals surface area (Å²) in [6, 6.07) is 4.97. The Morgan fingerprint density at radius 1 is 1.33 bits per heavy atom. The highest BCUT2D eigenvalue weighted by Gasteiger charge is 2.19. The van der Waals surface area contributed by atoms with E-state index in [0.29, 0.717) is 23.8 Å². The van der Waals surface area contributed by atoms with Crippen LogP contribution in [0, 0.1) is 0 Å². The van der Waals surface area contributed by atoms with Gasteiger partial charge in [0.1, 0.15) is 17.6 Å². The molecule has 3 heterocycles. The van der Waals surface area contributed by atoms with Crippen LogP contribution in [0.25, 0.3) is 11.5 Å². The molecule has 0 aliphatic heterocycles. The Bertz CT molecular complexity index is 802. The predicted molar refractivity (Wildman–Crippen MR) is 87.1 cm³/mol. The van der Waals surface area contributed by atoms with E-state index in [1.54, 1.807) is 30.7 Å². The highest BCUT2D eigenvalue weighted by Crippen LogP contribution is 2.21. The van der Waals surface area contributed by atoms with Crippen molar-refractivity contribution in [1.29, 1.82) is 0 Å². The molecule has 3 aromatic heterocycles. The second-order valence-electron chi connectivity index (χ2n) is 5.90. The molecule has 0 aromatic carbocycles. The van der Waals surface area contributed by atoms with E-state index in [1.807, 2.05) is 17.7 Å². The van der Waals surface area contributed by atoms with E-state index in [4.69, 9.17) is 8.94 Å². The smallest absolute Gasteiger partial charge is 0.243 e. The summed E-state index contributed by atoms with van der Waals surface area (Å²) in [5, 5.41) is 6.81. The third-order valence-corrected chi connectivity index (χ3v) is 3.78. The van der Waals surface area contributed by atoms with E-state index < -0.39 is 0 Å². The highest BCUT2D eigenvalue weighted by molar-refractivity contribution is 5.79. The molecule has 1 N–H and O–H groups in total. The lowest BCUT2D eigenvalue weighted by Crippen LogP contribution is -2.31. The Kier molecular flexibility index (Phi) is 4.50. The molecule has 0 aliphatic carbocycles. The van der Waals surface area contributed by atoms with E-state index in [-0.39, 0.29) is 17.9 Å². The van der Waals surface area contributed by atoms with Crippen LogP contribution in [0.1, 0.15) is 44.2 Å². The number of carbonyl (C=O) groups is 1. The van der Waals surface area contributed by atoms with Crippen molar-refractivity contribution >= 4 is 5.91 Å². The number of nitrogens with one attached hydrogen (secondary N) is 1. The number of nitrogens with zero attached hydrogens (tertiary/aromatic N) is 3. The van der Waals surface area contributed by atoms with Crippen LogP contribution in [0.15, 0.2) is 45.8 Å². The van der Waals surface area contributed by atoms with Gasteiger partial charge in [-0.05, 0) is 19.1 Å². The van der Waals surface area contributed by atoms with Crippen molar-refractivity contribution in [2.24, 2.45) is 0 Å². The van der Waals surface area contributed by atoms with Crippen LogP contribution in [0.5, 0.6) is 0 Å². The van der Waals surface area contributed by atoms with Gasteiger partial charge in [0.15, 0.2) is 5.76 Å². The molecular weight excluding hydrogens is 308 g/mol. The zero-order valence-corrected chi connectivity index (χ0v) is 13.9. The minimum absolute atomic E-state index is 0.0996. The maximum absolute atomic E-state index is 12.4. The van der Waals surface area contributed by atoms with Crippen LogP contribution >= 0.6 is 0 Å². The maximum Gasteiger partial charge on any atom is 0.243 e. The van der Waals surface area contributed by atoms with Crippen molar-refractivity contribution in [1.82, 2.24) is 20.0 Å². The first-order chi connectivity index (χ1) is 11.6. The van der Waals surface area contributed by atoms with Crippen molar-refractivity contribution in [2.75, 3.05) is 0 Å². The van der Waals surface area contributed by atoms with Gasteiger partial charge in [-0.2, -0.15) is 0 Å². The molecule has 7 nitrogen and oxygen atoms in total. The van der Waals surface area contributed by atoms with Gasteiger partial charge in [-0.1, -0.05) is 19.0 Å². The number of carbonyl (C=O) groups excluding carboxylic acids is 1. The Morgan fingerprint density at radius 3 is 2.88 bits per heavy atom. The summed E-state index contributed by atoms with van der Waals surface area (Å²) in [5.41, 5.74) is 0.636. The van der Waals surface area contributed by atoms with Gasteiger partial charge in [0, 0.05) is 24.4 Å². The van der Waals surface area contributed by atoms with Crippen molar-refractivity contribution < 1.29 is 13.7 Å². The Morgan fingerprint density at radius 2 is 2.17 bits per heavy atom. The van der Waals surface area contributed by atoms with Crippen molar-refractivity contribution in [3.63, 3.8) is 0 Å². The van der Waals surface area contributed by atoms with Crippen LogP contribution < -0.4 is 5.32 Å². The summed E-state index contributed by atoms with van der Waals surface area (Å²) in [6.45, 7) is 6.24. The normalized spacial score (nSPS) is 12.5. The molecule has 3 rings (SSSR count). The second-order valence-corrected chi connectivity index (χ2v) is 5.90. The largest absolute Gasteiger partial charge is 0.461 e. The molecule has 0 unspecified atom stereocenters. The molecule has 1 atom stereocenters. The summed E-state index contributed by atoms with van der Waals surface area (Å²) < 4.78 is 12.4. The van der Waals surface area contributed by atoms with Gasteiger partial charge in [-0.25, -0.2) is 4.98 Å². The van der Waals surface area contributed by atoms with E-state index in [9.17, 15) is 4.79 Å². The number of amides is 1. The molecule has 3 aromatic rings. The van der Waals surface area contributed by atoms with Gasteiger partial charge < -0.3 is 18.8 Å². The molecule has 0 fully saturated rings. The molecule has 0 saturated heterocycles. The molecule has 0 aliphatic rings. The highest BCUT2D eigenvalue weighted by atomic mass is 16.5. The molecule has 0 radical (unpaired) electrons. The number of furan rings is 1. The number of imidazole rings is 1. The lowest BCUT2D eigenvalue weighted by Gasteiger charge is -2.17. The average Bonchev–Trinajstić information content (AvgIpc) is 3.32. The van der Waals surface area contributed by atoms with E-state index in [0.717, 1.165) is 5.82 Å². The average molecular weight is 328 g/mol. The van der Waals surface area contributed by atoms with Gasteiger partial charge in [0.2, 0.25) is 11.7 Å². The summed E-state index contributed by atoms with van der Waals surface area (Å²) in [5.74, 6) is 2.18. The summed E-state index contributed by atoms with van der Waals surface area (Å²) in [7, 11) is 0. The lowest BCUT2D eigenvalue weighted by atomic mass is 10.2. The van der Waals surface area contributed by atoms with Gasteiger partial charge in [0.25, 0.3) is 0 Å². The van der Waals surface area contributed by atoms with Gasteiger partial charge in [-0.15, -0.1) is 0 Å². The molecule has 7 heteroatoms. The fourth-order valence-corrected chi connectivity index (χ4v) is 2.48. The summed E-state index contributed by atoms with van der Waals surface area (Å²) >= 11 is 0. The molecule has 0 bridgehead atoms. The first-order valence-electron chi connectivity index (χ1n) is 7.86. The first kappa shape index (κ1) is 16.0. The van der Waals surface area contributed by atoms with Crippen LogP contribution in [0.3, 0.4) is 0 Å². The van der Waals surface area contributed by atoms with Crippen LogP contribution in [-0.2, 0) is 11.3 Å².